The lowest BCUT2D eigenvalue weighted by Gasteiger charge is -2.39. The first kappa shape index (κ1) is 20.0. The van der Waals surface area contributed by atoms with E-state index in [9.17, 15) is 9.18 Å². The van der Waals surface area contributed by atoms with Crippen molar-refractivity contribution in [2.24, 2.45) is 0 Å². The van der Waals surface area contributed by atoms with Crippen LogP contribution in [0.25, 0.3) is 0 Å². The molecule has 0 bridgehead atoms. The first-order chi connectivity index (χ1) is 14.1. The van der Waals surface area contributed by atoms with Crippen LogP contribution in [0, 0.1) is 5.82 Å². The zero-order valence-corrected chi connectivity index (χ0v) is 17.2. The molecule has 0 unspecified atom stereocenters. The predicted octanol–water partition coefficient (Wildman–Crippen LogP) is 2.95. The molecule has 0 aliphatic carbocycles. The summed E-state index contributed by atoms with van der Waals surface area (Å²) in [5, 5.41) is 0.737. The first-order valence-electron chi connectivity index (χ1n) is 10.1. The molecule has 2 aliphatic heterocycles. The lowest BCUT2D eigenvalue weighted by molar-refractivity contribution is -0.132. The van der Waals surface area contributed by atoms with Crippen LogP contribution in [0.4, 0.5) is 15.8 Å². The Morgan fingerprint density at radius 3 is 2.10 bits per heavy atom. The summed E-state index contributed by atoms with van der Waals surface area (Å²) in [6.07, 6.45) is 0. The van der Waals surface area contributed by atoms with Crippen LogP contribution in [0.15, 0.2) is 48.5 Å². The quantitative estimate of drug-likeness (QED) is 0.766. The van der Waals surface area contributed by atoms with Crippen LogP contribution in [0.1, 0.15) is 0 Å². The number of carbonyl (C=O) groups is 1. The van der Waals surface area contributed by atoms with Gasteiger partial charge in [-0.25, -0.2) is 4.39 Å². The van der Waals surface area contributed by atoms with Crippen molar-refractivity contribution in [3.8, 4) is 0 Å². The summed E-state index contributed by atoms with van der Waals surface area (Å²) < 4.78 is 13.1. The van der Waals surface area contributed by atoms with Gasteiger partial charge in [0.05, 0.1) is 6.54 Å². The van der Waals surface area contributed by atoms with E-state index in [0.29, 0.717) is 6.54 Å². The molecule has 0 spiro atoms. The molecule has 2 fully saturated rings. The highest BCUT2D eigenvalue weighted by Gasteiger charge is 2.25. The minimum Gasteiger partial charge on any atom is -0.369 e. The number of anilines is 2. The van der Waals surface area contributed by atoms with Gasteiger partial charge in [-0.3, -0.25) is 9.69 Å². The van der Waals surface area contributed by atoms with Gasteiger partial charge in [0.2, 0.25) is 5.91 Å². The molecule has 0 N–H and O–H groups in total. The summed E-state index contributed by atoms with van der Waals surface area (Å²) in [7, 11) is 0. The highest BCUT2D eigenvalue weighted by molar-refractivity contribution is 6.30. The molecule has 0 radical (unpaired) electrons. The molecule has 4 rings (SSSR count). The van der Waals surface area contributed by atoms with Crippen molar-refractivity contribution in [3.05, 3.63) is 59.4 Å². The normalized spacial score (nSPS) is 18.2. The number of rotatable bonds is 4. The molecule has 1 amide bonds. The molecule has 0 saturated carbocycles. The Morgan fingerprint density at radius 1 is 0.828 bits per heavy atom. The summed E-state index contributed by atoms with van der Waals surface area (Å²) in [6, 6.07) is 14.5. The van der Waals surface area contributed by atoms with E-state index in [0.717, 1.165) is 68.8 Å². The molecule has 0 atom stereocenters. The lowest BCUT2D eigenvalue weighted by Crippen LogP contribution is -2.54. The Labute approximate surface area is 176 Å². The number of nitrogens with zero attached hydrogens (tertiary/aromatic N) is 4. The first-order valence-corrected chi connectivity index (χ1v) is 10.5. The van der Waals surface area contributed by atoms with Gasteiger partial charge in [-0.05, 0) is 42.5 Å². The van der Waals surface area contributed by atoms with Crippen LogP contribution in [0.5, 0.6) is 0 Å². The van der Waals surface area contributed by atoms with Gasteiger partial charge >= 0.3 is 0 Å². The van der Waals surface area contributed by atoms with E-state index in [1.54, 1.807) is 0 Å². The molecule has 2 heterocycles. The van der Waals surface area contributed by atoms with Gasteiger partial charge in [0, 0.05) is 68.8 Å². The average Bonchev–Trinajstić information content (AvgIpc) is 2.75. The zero-order valence-electron chi connectivity index (χ0n) is 16.4. The van der Waals surface area contributed by atoms with Crippen molar-refractivity contribution in [1.29, 1.82) is 0 Å². The van der Waals surface area contributed by atoms with E-state index in [2.05, 4.69) is 20.8 Å². The number of carbonyl (C=O) groups excluding carboxylic acids is 1. The second-order valence-electron chi connectivity index (χ2n) is 7.59. The maximum atomic E-state index is 13.1. The maximum Gasteiger partial charge on any atom is 0.236 e. The molecule has 154 valence electrons. The monoisotopic (exact) mass is 416 g/mol. The summed E-state index contributed by atoms with van der Waals surface area (Å²) in [4.78, 5) is 21.4. The van der Waals surface area contributed by atoms with Crippen LogP contribution in [-0.4, -0.2) is 74.6 Å². The summed E-state index contributed by atoms with van der Waals surface area (Å²) in [5.41, 5.74) is 2.15. The predicted molar refractivity (Wildman–Crippen MR) is 115 cm³/mol. The Kier molecular flexibility index (Phi) is 6.21. The highest BCUT2D eigenvalue weighted by Crippen LogP contribution is 2.21. The van der Waals surface area contributed by atoms with E-state index < -0.39 is 0 Å². The fraction of sp³-hybridized carbons (Fsp3) is 0.409. The second-order valence-corrected chi connectivity index (χ2v) is 8.02. The van der Waals surface area contributed by atoms with Gasteiger partial charge in [0.1, 0.15) is 5.82 Å². The lowest BCUT2D eigenvalue weighted by atomic mass is 10.2. The largest absolute Gasteiger partial charge is 0.369 e. The number of piperazine rings is 2. The third-order valence-corrected chi connectivity index (χ3v) is 5.96. The SMILES string of the molecule is O=C(CN1CCN(c2ccc(F)cc2)CC1)N1CCN(c2cccc(Cl)c2)CC1. The average molecular weight is 417 g/mol. The highest BCUT2D eigenvalue weighted by atomic mass is 35.5. The van der Waals surface area contributed by atoms with Crippen molar-refractivity contribution < 1.29 is 9.18 Å². The van der Waals surface area contributed by atoms with Crippen LogP contribution in [0.2, 0.25) is 5.02 Å². The van der Waals surface area contributed by atoms with Gasteiger partial charge in [-0.1, -0.05) is 17.7 Å². The van der Waals surface area contributed by atoms with Gasteiger partial charge in [-0.15, -0.1) is 0 Å². The molecule has 2 saturated heterocycles. The Morgan fingerprint density at radius 2 is 1.45 bits per heavy atom. The molecule has 2 aliphatic rings. The summed E-state index contributed by atoms with van der Waals surface area (Å²) in [6.45, 7) is 6.96. The third kappa shape index (κ3) is 5.00. The van der Waals surface area contributed by atoms with Crippen molar-refractivity contribution >= 4 is 28.9 Å². The van der Waals surface area contributed by atoms with E-state index in [-0.39, 0.29) is 11.7 Å². The smallest absolute Gasteiger partial charge is 0.236 e. The molecule has 0 aromatic heterocycles. The summed E-state index contributed by atoms with van der Waals surface area (Å²) >= 11 is 6.09. The number of hydrogen-bond acceptors (Lipinski definition) is 4. The molecule has 7 heteroatoms. The molecular formula is C22H26ClFN4O. The zero-order chi connectivity index (χ0) is 20.2. The van der Waals surface area contributed by atoms with Crippen LogP contribution in [-0.2, 0) is 4.79 Å². The molecule has 2 aromatic rings. The number of amides is 1. The van der Waals surface area contributed by atoms with Gasteiger partial charge in [0.25, 0.3) is 0 Å². The minimum atomic E-state index is -0.214. The molecular weight excluding hydrogens is 391 g/mol. The van der Waals surface area contributed by atoms with Crippen molar-refractivity contribution in [2.45, 2.75) is 0 Å². The van der Waals surface area contributed by atoms with Gasteiger partial charge in [-0.2, -0.15) is 0 Å². The fourth-order valence-electron chi connectivity index (χ4n) is 3.99. The van der Waals surface area contributed by atoms with E-state index in [1.165, 1.54) is 12.1 Å². The van der Waals surface area contributed by atoms with Crippen LogP contribution in [0.3, 0.4) is 0 Å². The molecule has 5 nitrogen and oxygen atoms in total. The van der Waals surface area contributed by atoms with E-state index in [4.69, 9.17) is 11.6 Å². The maximum absolute atomic E-state index is 13.1. The molecule has 29 heavy (non-hydrogen) atoms. The Hall–Kier alpha value is -2.31. The Balaban J connectivity index is 1.23. The standard InChI is InChI=1S/C22H26ClFN4O/c23-18-2-1-3-21(16-18)27-12-14-28(15-13-27)22(29)17-25-8-10-26(11-9-25)20-6-4-19(24)5-7-20/h1-7,16H,8-15,17H2. The fourth-order valence-corrected chi connectivity index (χ4v) is 4.18. The van der Waals surface area contributed by atoms with Gasteiger partial charge in [0.15, 0.2) is 0 Å². The summed E-state index contributed by atoms with van der Waals surface area (Å²) in [5.74, 6) is -0.0144. The number of hydrogen-bond donors (Lipinski definition) is 0. The van der Waals surface area contributed by atoms with Gasteiger partial charge < -0.3 is 14.7 Å². The topological polar surface area (TPSA) is 30.0 Å². The second kappa shape index (κ2) is 9.01. The van der Waals surface area contributed by atoms with E-state index in [1.807, 2.05) is 35.2 Å². The van der Waals surface area contributed by atoms with Crippen molar-refractivity contribution in [3.63, 3.8) is 0 Å². The minimum absolute atomic E-state index is 0.200. The van der Waals surface area contributed by atoms with Crippen molar-refractivity contribution in [2.75, 3.05) is 68.7 Å². The Bertz CT molecular complexity index is 831. The van der Waals surface area contributed by atoms with Crippen molar-refractivity contribution in [1.82, 2.24) is 9.80 Å². The van der Waals surface area contributed by atoms with E-state index >= 15 is 0 Å². The third-order valence-electron chi connectivity index (χ3n) is 5.73. The number of halogens is 2. The van der Waals surface area contributed by atoms with Crippen LogP contribution < -0.4 is 9.80 Å². The molecule has 2 aromatic carbocycles. The number of benzene rings is 2. The van der Waals surface area contributed by atoms with Crippen LogP contribution >= 0.6 is 11.6 Å².